The first-order chi connectivity index (χ1) is 8.65. The van der Waals surface area contributed by atoms with Gasteiger partial charge in [0.15, 0.2) is 0 Å². The van der Waals surface area contributed by atoms with Crippen molar-refractivity contribution >= 4 is 19.6 Å². The summed E-state index contributed by atoms with van der Waals surface area (Å²) in [5, 5.41) is 5.82. The monoisotopic (exact) mass is 267 g/mol. The summed E-state index contributed by atoms with van der Waals surface area (Å²) in [5.74, 6) is 0. The molecule has 0 aromatic carbocycles. The van der Waals surface area contributed by atoms with Crippen molar-refractivity contribution in [1.82, 2.24) is 9.91 Å². The maximum Gasteiger partial charge on any atom is 0.410 e. The highest BCUT2D eigenvalue weighted by Crippen LogP contribution is 2.10. The van der Waals surface area contributed by atoms with Crippen LogP contribution in [0.25, 0.3) is 0 Å². The zero-order valence-corrected chi connectivity index (χ0v) is 13.1. The maximum absolute atomic E-state index is 12.0. The molecule has 0 rings (SSSR count). The highest BCUT2D eigenvalue weighted by molar-refractivity contribution is 6.58. The Kier molecular flexibility index (Phi) is 7.56. The predicted molar refractivity (Wildman–Crippen MR) is 79.6 cm³/mol. The first kappa shape index (κ1) is 17.8. The Morgan fingerprint density at radius 2 is 1.84 bits per heavy atom. The van der Waals surface area contributed by atoms with Gasteiger partial charge in [-0.3, -0.25) is 5.01 Å². The van der Waals surface area contributed by atoms with Crippen LogP contribution in [0.1, 0.15) is 41.0 Å². The first-order valence-electron chi connectivity index (χ1n) is 6.65. The summed E-state index contributed by atoms with van der Waals surface area (Å²) in [7, 11) is 7.33. The van der Waals surface area contributed by atoms with Gasteiger partial charge >= 0.3 is 6.09 Å². The van der Waals surface area contributed by atoms with Crippen LogP contribution in [-0.4, -0.2) is 61.7 Å². The summed E-state index contributed by atoms with van der Waals surface area (Å²) in [4.78, 5) is 13.7. The molecule has 0 aliphatic rings. The number of likely N-dealkylation sites (N-methyl/N-ethyl adjacent to an activating group) is 1. The molecule has 0 aromatic rings. The van der Waals surface area contributed by atoms with Crippen LogP contribution >= 0.6 is 0 Å². The molecule has 6 heteroatoms. The Labute approximate surface area is 118 Å². The van der Waals surface area contributed by atoms with Crippen molar-refractivity contribution in [1.29, 1.82) is 0 Å². The summed E-state index contributed by atoms with van der Waals surface area (Å²) in [5.41, 5.74) is 0.0304. The van der Waals surface area contributed by atoms with Gasteiger partial charge in [-0.25, -0.2) is 4.79 Å². The summed E-state index contributed by atoms with van der Waals surface area (Å²) in [6.45, 7) is 11.2. The third-order valence-corrected chi connectivity index (χ3v) is 2.17. The van der Waals surface area contributed by atoms with E-state index in [0.717, 1.165) is 6.42 Å². The molecule has 0 saturated heterocycles. The number of hydrogen-bond donors (Lipinski definition) is 0. The molecule has 0 N–H and O–H groups in total. The molecule has 19 heavy (non-hydrogen) atoms. The molecule has 0 unspecified atom stereocenters. The van der Waals surface area contributed by atoms with E-state index in [1.165, 1.54) is 0 Å². The second-order valence-corrected chi connectivity index (χ2v) is 5.59. The van der Waals surface area contributed by atoms with E-state index >= 15 is 0 Å². The van der Waals surface area contributed by atoms with E-state index in [1.54, 1.807) is 16.8 Å². The predicted octanol–water partition coefficient (Wildman–Crippen LogP) is 2.07. The van der Waals surface area contributed by atoms with E-state index < -0.39 is 5.60 Å². The zero-order valence-electron chi connectivity index (χ0n) is 13.1. The number of ether oxygens (including phenoxy) is 1. The van der Waals surface area contributed by atoms with Crippen LogP contribution in [0.4, 0.5) is 4.79 Å². The number of amides is 1. The van der Waals surface area contributed by atoms with Crippen molar-refractivity contribution in [3.8, 4) is 0 Å². The van der Waals surface area contributed by atoms with Gasteiger partial charge in [-0.2, -0.15) is 5.10 Å². The molecular weight excluding hydrogens is 241 g/mol. The average Bonchev–Trinajstić information content (AvgIpc) is 2.20. The van der Waals surface area contributed by atoms with Gasteiger partial charge in [-0.15, -0.1) is 0 Å². The summed E-state index contributed by atoms with van der Waals surface area (Å²) in [6.07, 6.45) is 0.610. The first-order valence-corrected chi connectivity index (χ1v) is 6.65. The lowest BCUT2D eigenvalue weighted by Gasteiger charge is -2.28. The average molecular weight is 267 g/mol. The number of nitrogens with zero attached hydrogens (tertiary/aromatic N) is 3. The molecule has 1 amide bonds. The van der Waals surface area contributed by atoms with Crippen molar-refractivity contribution in [3.05, 3.63) is 0 Å². The van der Waals surface area contributed by atoms with E-state index in [2.05, 4.69) is 5.10 Å². The quantitative estimate of drug-likeness (QED) is 0.420. The van der Waals surface area contributed by atoms with Gasteiger partial charge in [0.25, 0.3) is 0 Å². The Morgan fingerprint density at radius 1 is 1.26 bits per heavy atom. The standard InChI is InChI=1S/C13H26BN3O2/c1-7-8-17(12(18)19-13(3,4)5)10-9-16(6)15-11(2)14/h7-10H2,1-6H3/b15-11+. The second kappa shape index (κ2) is 8.07. The van der Waals surface area contributed by atoms with Crippen LogP contribution in [0.15, 0.2) is 5.10 Å². The van der Waals surface area contributed by atoms with Crippen LogP contribution < -0.4 is 0 Å². The minimum absolute atomic E-state index is 0.281. The molecule has 0 bridgehead atoms. The van der Waals surface area contributed by atoms with Gasteiger partial charge in [-0.05, 0) is 39.7 Å². The number of carbonyl (C=O) groups excluding carboxylic acids is 1. The van der Waals surface area contributed by atoms with Crippen molar-refractivity contribution < 1.29 is 9.53 Å². The molecule has 5 nitrogen and oxygen atoms in total. The molecule has 0 saturated carbocycles. The molecule has 108 valence electrons. The number of rotatable bonds is 6. The maximum atomic E-state index is 12.0. The summed E-state index contributed by atoms with van der Waals surface area (Å²) < 4.78 is 5.37. The van der Waals surface area contributed by atoms with Crippen molar-refractivity contribution in [2.45, 2.75) is 46.6 Å². The third kappa shape index (κ3) is 9.39. The van der Waals surface area contributed by atoms with E-state index in [9.17, 15) is 4.79 Å². The fourth-order valence-corrected chi connectivity index (χ4v) is 1.48. The van der Waals surface area contributed by atoms with Crippen molar-refractivity contribution in [2.75, 3.05) is 26.7 Å². The van der Waals surface area contributed by atoms with Crippen molar-refractivity contribution in [3.63, 3.8) is 0 Å². The lowest BCUT2D eigenvalue weighted by atomic mass is 10.1. The molecular formula is C13H26BN3O2. The van der Waals surface area contributed by atoms with E-state index in [-0.39, 0.29) is 6.09 Å². The fourth-order valence-electron chi connectivity index (χ4n) is 1.48. The topological polar surface area (TPSA) is 45.1 Å². The Morgan fingerprint density at radius 3 is 2.26 bits per heavy atom. The smallest absolute Gasteiger partial charge is 0.410 e. The Hall–Kier alpha value is -1.20. The fraction of sp³-hybridized carbons (Fsp3) is 0.846. The largest absolute Gasteiger partial charge is 0.444 e. The normalized spacial score (nSPS) is 12.2. The SMILES string of the molecule is [B]/C(C)=N/N(C)CCN(CCC)C(=O)OC(C)(C)C. The van der Waals surface area contributed by atoms with E-state index in [0.29, 0.717) is 25.2 Å². The van der Waals surface area contributed by atoms with Gasteiger partial charge in [0, 0.05) is 20.1 Å². The lowest BCUT2D eigenvalue weighted by Crippen LogP contribution is -2.40. The van der Waals surface area contributed by atoms with Crippen LogP contribution in [0, 0.1) is 0 Å². The second-order valence-electron chi connectivity index (χ2n) is 5.59. The van der Waals surface area contributed by atoms with Crippen LogP contribution in [0.2, 0.25) is 0 Å². The minimum atomic E-state index is -0.471. The molecule has 0 spiro atoms. The highest BCUT2D eigenvalue weighted by Gasteiger charge is 2.21. The Balaban J connectivity index is 4.41. The van der Waals surface area contributed by atoms with Gasteiger partial charge in [0.05, 0.1) is 6.54 Å². The molecule has 0 aliphatic heterocycles. The van der Waals surface area contributed by atoms with Gasteiger partial charge in [-0.1, -0.05) is 6.92 Å². The molecule has 0 fully saturated rings. The Bertz CT molecular complexity index is 310. The van der Waals surface area contributed by atoms with E-state index in [4.69, 9.17) is 12.6 Å². The number of hydrogen-bond acceptors (Lipinski definition) is 4. The number of carbonyl (C=O) groups is 1. The molecule has 0 aromatic heterocycles. The summed E-state index contributed by atoms with van der Waals surface area (Å²) in [6, 6.07) is 0. The highest BCUT2D eigenvalue weighted by atomic mass is 16.6. The molecule has 0 aliphatic carbocycles. The van der Waals surface area contributed by atoms with E-state index in [1.807, 2.05) is 34.7 Å². The summed E-state index contributed by atoms with van der Waals surface area (Å²) >= 11 is 0. The van der Waals surface area contributed by atoms with Crippen LogP contribution in [0.3, 0.4) is 0 Å². The van der Waals surface area contributed by atoms with Crippen LogP contribution in [-0.2, 0) is 4.74 Å². The zero-order chi connectivity index (χ0) is 15.1. The molecule has 2 radical (unpaired) electrons. The van der Waals surface area contributed by atoms with Crippen LogP contribution in [0.5, 0.6) is 0 Å². The van der Waals surface area contributed by atoms with Gasteiger partial charge in [0.2, 0.25) is 0 Å². The van der Waals surface area contributed by atoms with Gasteiger partial charge < -0.3 is 9.64 Å². The van der Waals surface area contributed by atoms with Crippen molar-refractivity contribution in [2.24, 2.45) is 5.10 Å². The molecule has 0 atom stereocenters. The number of hydrazone groups is 1. The minimum Gasteiger partial charge on any atom is -0.444 e. The lowest BCUT2D eigenvalue weighted by molar-refractivity contribution is 0.0237. The van der Waals surface area contributed by atoms with Gasteiger partial charge in [0.1, 0.15) is 13.4 Å². The molecule has 0 heterocycles. The third-order valence-electron chi connectivity index (χ3n) is 2.17.